The monoisotopic (exact) mass is 212 g/mol. The predicted molar refractivity (Wildman–Crippen MR) is 35.1 cm³/mol. The summed E-state index contributed by atoms with van der Waals surface area (Å²) in [5, 5.41) is 0. The molecule has 6 nitrogen and oxygen atoms in total. The van der Waals surface area contributed by atoms with Gasteiger partial charge in [0.25, 0.3) is 0 Å². The van der Waals surface area contributed by atoms with Crippen molar-refractivity contribution >= 4 is 38.1 Å². The lowest BCUT2D eigenvalue weighted by atomic mass is 15.5. The van der Waals surface area contributed by atoms with E-state index in [1.54, 1.807) is 0 Å². The fraction of sp³-hybridized carbons (Fsp3) is 0. The SMILES string of the molecule is O1[SiH]2O[SiH]3O[SiH]1O[SiH](O2)O3. The molecule has 0 aromatic carbocycles. The first kappa shape index (κ1) is 6.18. The van der Waals surface area contributed by atoms with E-state index >= 15 is 0 Å². The van der Waals surface area contributed by atoms with E-state index in [1.807, 2.05) is 0 Å². The molecule has 0 saturated carbocycles. The third-order valence-electron chi connectivity index (χ3n) is 1.33. The summed E-state index contributed by atoms with van der Waals surface area (Å²) >= 11 is 0. The van der Waals surface area contributed by atoms with Crippen LogP contribution < -0.4 is 0 Å². The van der Waals surface area contributed by atoms with Gasteiger partial charge in [0.1, 0.15) is 0 Å². The zero-order valence-electron chi connectivity index (χ0n) is 4.76. The van der Waals surface area contributed by atoms with Gasteiger partial charge in [-0.3, -0.25) is 0 Å². The fourth-order valence-electron chi connectivity index (χ4n) is 0.929. The summed E-state index contributed by atoms with van der Waals surface area (Å²) in [6, 6.07) is 0. The first-order valence-electron chi connectivity index (χ1n) is 2.83. The Morgan fingerprint density at radius 1 is 0.400 bits per heavy atom. The molecule has 4 heterocycles. The zero-order valence-corrected chi connectivity index (χ0v) is 9.38. The molecule has 4 bridgehead atoms. The highest BCUT2D eigenvalue weighted by atomic mass is 28.6. The van der Waals surface area contributed by atoms with Gasteiger partial charge in [0.05, 0.1) is 0 Å². The van der Waals surface area contributed by atoms with E-state index in [-0.39, 0.29) is 0 Å². The van der Waals surface area contributed by atoms with E-state index in [4.69, 9.17) is 24.7 Å². The average molecular weight is 212 g/mol. The summed E-state index contributed by atoms with van der Waals surface area (Å²) in [6.07, 6.45) is 0. The molecule has 0 aromatic rings. The lowest BCUT2D eigenvalue weighted by Gasteiger charge is -2.44. The highest BCUT2D eigenvalue weighted by molar-refractivity contribution is 6.81. The predicted octanol–water partition coefficient (Wildman–Crippen LogP) is -3.00. The molecular formula is H4O6Si4. The molecule has 4 aliphatic heterocycles. The molecule has 4 saturated heterocycles. The van der Waals surface area contributed by atoms with Crippen LogP contribution in [0.3, 0.4) is 0 Å². The normalized spacial score (nSPS) is 57.6. The lowest BCUT2D eigenvalue weighted by Crippen LogP contribution is -2.68. The molecule has 0 spiro atoms. The zero-order chi connectivity index (χ0) is 6.55. The Morgan fingerprint density at radius 3 is 0.800 bits per heavy atom. The van der Waals surface area contributed by atoms with Gasteiger partial charge >= 0.3 is 38.1 Å². The summed E-state index contributed by atoms with van der Waals surface area (Å²) < 4.78 is 31.2. The minimum Gasteiger partial charge on any atom is -0.378 e. The van der Waals surface area contributed by atoms with Crippen molar-refractivity contribution in [1.29, 1.82) is 0 Å². The molecule has 0 N–H and O–H groups in total. The van der Waals surface area contributed by atoms with Gasteiger partial charge in [-0.05, 0) is 0 Å². The Kier molecular flexibility index (Phi) is 1.28. The van der Waals surface area contributed by atoms with Crippen LogP contribution in [0.25, 0.3) is 0 Å². The summed E-state index contributed by atoms with van der Waals surface area (Å²) in [5.41, 5.74) is 0. The maximum atomic E-state index is 5.20. The van der Waals surface area contributed by atoms with Gasteiger partial charge in [-0.1, -0.05) is 0 Å². The minimum absolute atomic E-state index is 1.77. The van der Waals surface area contributed by atoms with Crippen LogP contribution in [-0.2, 0) is 24.7 Å². The van der Waals surface area contributed by atoms with Gasteiger partial charge in [-0.25, -0.2) is 0 Å². The smallest absolute Gasteiger partial charge is 0.378 e. The first-order chi connectivity index (χ1) is 4.90. The third kappa shape index (κ3) is 0.828. The number of rotatable bonds is 0. The topological polar surface area (TPSA) is 55.4 Å². The van der Waals surface area contributed by atoms with Crippen LogP contribution in [0.4, 0.5) is 0 Å². The van der Waals surface area contributed by atoms with E-state index in [1.165, 1.54) is 0 Å². The molecule has 56 valence electrons. The summed E-state index contributed by atoms with van der Waals surface area (Å²) in [6.45, 7) is 0. The summed E-state index contributed by atoms with van der Waals surface area (Å²) in [7, 11) is -7.10. The Hall–Kier alpha value is 0.628. The maximum absolute atomic E-state index is 5.20. The van der Waals surface area contributed by atoms with Crippen LogP contribution in [0.5, 0.6) is 0 Å². The molecular weight excluding hydrogens is 208 g/mol. The van der Waals surface area contributed by atoms with Crippen molar-refractivity contribution in [3.05, 3.63) is 0 Å². The van der Waals surface area contributed by atoms with Crippen LogP contribution >= 0.6 is 0 Å². The van der Waals surface area contributed by atoms with Crippen LogP contribution in [-0.4, -0.2) is 38.1 Å². The average Bonchev–Trinajstić information content (AvgIpc) is 1.82. The van der Waals surface area contributed by atoms with E-state index in [9.17, 15) is 0 Å². The Balaban J connectivity index is 1.90. The summed E-state index contributed by atoms with van der Waals surface area (Å²) in [4.78, 5) is 0. The molecule has 0 radical (unpaired) electrons. The van der Waals surface area contributed by atoms with Crippen LogP contribution in [0.2, 0.25) is 0 Å². The number of hydrogen-bond donors (Lipinski definition) is 0. The van der Waals surface area contributed by atoms with Crippen LogP contribution in [0, 0.1) is 0 Å². The van der Waals surface area contributed by atoms with E-state index < -0.39 is 38.1 Å². The summed E-state index contributed by atoms with van der Waals surface area (Å²) in [5.74, 6) is 0. The largest absolute Gasteiger partial charge is 0.461 e. The Bertz CT molecular complexity index is 101. The van der Waals surface area contributed by atoms with Gasteiger partial charge in [0.15, 0.2) is 0 Å². The standard InChI is InChI=1S/H4O6Si4/c1-7-2-9-4-8(1)5-10(3-7)6-9/h7-10H. The van der Waals surface area contributed by atoms with Crippen LogP contribution in [0.15, 0.2) is 0 Å². The second kappa shape index (κ2) is 2.07. The van der Waals surface area contributed by atoms with Crippen molar-refractivity contribution in [3.63, 3.8) is 0 Å². The van der Waals surface area contributed by atoms with E-state index in [0.29, 0.717) is 0 Å². The van der Waals surface area contributed by atoms with Gasteiger partial charge in [0.2, 0.25) is 0 Å². The minimum atomic E-state index is -1.77. The van der Waals surface area contributed by atoms with Gasteiger partial charge in [0, 0.05) is 0 Å². The number of hydrogen-bond acceptors (Lipinski definition) is 6. The van der Waals surface area contributed by atoms with Crippen molar-refractivity contribution in [2.45, 2.75) is 0 Å². The molecule has 0 unspecified atom stereocenters. The third-order valence-corrected chi connectivity index (χ3v) is 12.0. The lowest BCUT2D eigenvalue weighted by molar-refractivity contribution is 0.0386. The maximum Gasteiger partial charge on any atom is 0.461 e. The molecule has 0 aromatic heterocycles. The molecule has 10 heteroatoms. The second-order valence-electron chi connectivity index (χ2n) is 1.97. The van der Waals surface area contributed by atoms with Crippen molar-refractivity contribution < 1.29 is 24.7 Å². The fourth-order valence-corrected chi connectivity index (χ4v) is 15.3. The quantitative estimate of drug-likeness (QED) is 0.399. The molecule has 10 heavy (non-hydrogen) atoms. The van der Waals surface area contributed by atoms with Gasteiger partial charge in [-0.2, -0.15) is 0 Å². The highest BCUT2D eigenvalue weighted by Crippen LogP contribution is 2.24. The van der Waals surface area contributed by atoms with Gasteiger partial charge < -0.3 is 24.7 Å². The Morgan fingerprint density at radius 2 is 0.600 bits per heavy atom. The molecule has 0 aliphatic carbocycles. The van der Waals surface area contributed by atoms with Crippen molar-refractivity contribution in [2.75, 3.05) is 0 Å². The van der Waals surface area contributed by atoms with Gasteiger partial charge in [-0.15, -0.1) is 0 Å². The molecule has 0 amide bonds. The molecule has 4 fully saturated rings. The second-order valence-corrected chi connectivity index (χ2v) is 10.8. The highest BCUT2D eigenvalue weighted by Gasteiger charge is 2.53. The van der Waals surface area contributed by atoms with Crippen LogP contribution in [0.1, 0.15) is 0 Å². The molecule has 0 atom stereocenters. The van der Waals surface area contributed by atoms with E-state index in [2.05, 4.69) is 0 Å². The van der Waals surface area contributed by atoms with E-state index in [0.717, 1.165) is 0 Å². The van der Waals surface area contributed by atoms with Crippen molar-refractivity contribution in [3.8, 4) is 0 Å². The van der Waals surface area contributed by atoms with Crippen molar-refractivity contribution in [2.24, 2.45) is 0 Å². The molecule has 4 aliphatic rings. The van der Waals surface area contributed by atoms with Crippen molar-refractivity contribution in [1.82, 2.24) is 0 Å². The molecule has 4 rings (SSSR count). The Labute approximate surface area is 63.4 Å². The first-order valence-corrected chi connectivity index (χ1v) is 8.49.